The maximum absolute atomic E-state index is 13.4. The Morgan fingerprint density at radius 3 is 2.43 bits per heavy atom. The van der Waals surface area contributed by atoms with Crippen LogP contribution in [0.15, 0.2) is 64.5 Å². The monoisotopic (exact) mass is 599 g/mol. The molecule has 2 unspecified atom stereocenters. The van der Waals surface area contributed by atoms with Crippen LogP contribution in [0, 0.1) is 0 Å². The fraction of sp³-hybridized carbons (Fsp3) is 0.448. The number of Topliss-reactive ketones (excluding diaryl/α,β-unsaturated/α-hetero) is 1. The van der Waals surface area contributed by atoms with Gasteiger partial charge in [0.25, 0.3) is 0 Å². The predicted molar refractivity (Wildman–Crippen MR) is 155 cm³/mol. The van der Waals surface area contributed by atoms with Crippen molar-refractivity contribution < 1.29 is 32.6 Å². The molecule has 4 rings (SSSR count). The first-order valence-corrected chi connectivity index (χ1v) is 15.4. The molecule has 2 aliphatic heterocycles. The number of carboxylic acids is 1. The Morgan fingerprint density at radius 2 is 1.79 bits per heavy atom. The maximum Gasteiger partial charge on any atom is 0.326 e. The van der Waals surface area contributed by atoms with E-state index in [1.807, 2.05) is 0 Å². The molecule has 2 aromatic rings. The van der Waals surface area contributed by atoms with Crippen LogP contribution < -0.4 is 16.0 Å². The minimum Gasteiger partial charge on any atom is -0.480 e. The van der Waals surface area contributed by atoms with Gasteiger partial charge in [-0.3, -0.25) is 14.6 Å². The second-order valence-corrected chi connectivity index (χ2v) is 12.2. The van der Waals surface area contributed by atoms with E-state index in [2.05, 4.69) is 20.9 Å². The molecule has 1 amide bonds. The van der Waals surface area contributed by atoms with E-state index in [0.29, 0.717) is 24.9 Å². The molecule has 2 heterocycles. The van der Waals surface area contributed by atoms with Gasteiger partial charge in [0.1, 0.15) is 24.1 Å². The summed E-state index contributed by atoms with van der Waals surface area (Å²) in [5, 5.41) is 18.6. The number of sulfonamides is 1. The van der Waals surface area contributed by atoms with Gasteiger partial charge < -0.3 is 25.8 Å². The van der Waals surface area contributed by atoms with Crippen LogP contribution in [0.5, 0.6) is 0 Å². The lowest BCUT2D eigenvalue weighted by atomic mass is 10.0. The van der Waals surface area contributed by atoms with E-state index < -0.39 is 46.3 Å². The number of aliphatic imine (C=N–C) groups is 1. The van der Waals surface area contributed by atoms with Crippen LogP contribution in [0.2, 0.25) is 0 Å². The average Bonchev–Trinajstić information content (AvgIpc) is 3.59. The minimum atomic E-state index is -4.10. The van der Waals surface area contributed by atoms with Crippen LogP contribution in [-0.2, 0) is 42.0 Å². The topological polar surface area (TPSA) is 166 Å². The molecule has 0 bridgehead atoms. The molecular formula is C29H37N5O7S. The van der Waals surface area contributed by atoms with Crippen LogP contribution in [0.25, 0.3) is 0 Å². The summed E-state index contributed by atoms with van der Waals surface area (Å²) in [6.45, 7) is 5.34. The zero-order valence-electron chi connectivity index (χ0n) is 23.7. The first kappa shape index (κ1) is 31.1. The van der Waals surface area contributed by atoms with Gasteiger partial charge in [0.2, 0.25) is 15.9 Å². The van der Waals surface area contributed by atoms with E-state index in [1.165, 1.54) is 19.1 Å². The Kier molecular flexibility index (Phi) is 10.3. The second-order valence-electron chi connectivity index (χ2n) is 10.4. The number of carboxylic acid groups (broad SMARTS) is 1. The Hall–Kier alpha value is -3.81. The smallest absolute Gasteiger partial charge is 0.326 e. The molecule has 226 valence electrons. The number of nitrogens with zero attached hydrogens (tertiary/aromatic N) is 2. The first-order valence-electron chi connectivity index (χ1n) is 13.9. The van der Waals surface area contributed by atoms with E-state index in [9.17, 15) is 27.9 Å². The number of nitrogens with one attached hydrogen (secondary N) is 3. The molecule has 13 heteroatoms. The Labute approximate surface area is 245 Å². The fourth-order valence-corrected chi connectivity index (χ4v) is 6.83. The quantitative estimate of drug-likeness (QED) is 0.246. The number of rotatable bonds is 13. The number of guanidine groups is 1. The molecular weight excluding hydrogens is 562 g/mol. The Balaban J connectivity index is 1.34. The van der Waals surface area contributed by atoms with Gasteiger partial charge in [0, 0.05) is 32.4 Å². The highest BCUT2D eigenvalue weighted by atomic mass is 32.2. The van der Waals surface area contributed by atoms with Gasteiger partial charge in [0.15, 0.2) is 5.96 Å². The zero-order chi connectivity index (χ0) is 30.3. The zero-order valence-corrected chi connectivity index (χ0v) is 24.5. The summed E-state index contributed by atoms with van der Waals surface area (Å²) in [6, 6.07) is 12.1. The number of hydrogen-bond donors (Lipinski definition) is 4. The van der Waals surface area contributed by atoms with Crippen molar-refractivity contribution in [2.24, 2.45) is 4.99 Å². The Bertz CT molecular complexity index is 1400. The summed E-state index contributed by atoms with van der Waals surface area (Å²) in [5.74, 6) is -1.15. The molecule has 4 atom stereocenters. The van der Waals surface area contributed by atoms with Gasteiger partial charge in [-0.2, -0.15) is 4.31 Å². The molecule has 0 aliphatic carbocycles. The number of carbonyl (C=O) groups excluding carboxylic acids is 2. The summed E-state index contributed by atoms with van der Waals surface area (Å²) >= 11 is 0. The summed E-state index contributed by atoms with van der Waals surface area (Å²) in [5.41, 5.74) is 1.45. The fourth-order valence-electron chi connectivity index (χ4n) is 5.08. The number of hydrogen-bond acceptors (Lipinski definition) is 9. The van der Waals surface area contributed by atoms with Crippen molar-refractivity contribution >= 4 is 33.6 Å². The molecule has 12 nitrogen and oxygen atoms in total. The lowest BCUT2D eigenvalue weighted by Crippen LogP contribution is -2.54. The van der Waals surface area contributed by atoms with Gasteiger partial charge in [-0.25, -0.2) is 13.2 Å². The molecule has 1 fully saturated rings. The number of aliphatic carboxylic acids is 1. The molecule has 0 spiro atoms. The standard InChI is InChI=1S/C29H37N5O7S/c1-19-26(34(20(2)41-19)42(39,40)24-8-4-3-5-9-24)27(36)33-25(28(37)38)18-22-12-10-21(11-13-22)17-23(35)7-6-14-30-29-31-15-16-32-29/h3-5,8-13,19-20,25-26H,6-7,14-18H2,1-2H3,(H,33,36)(H,37,38)(H2,30,31,32)/t19?,20?,25-,26-/m0/s1. The van der Waals surface area contributed by atoms with Crippen LogP contribution >= 0.6 is 0 Å². The lowest BCUT2D eigenvalue weighted by molar-refractivity contribution is -0.142. The SMILES string of the molecule is CC1OC(C)N(S(=O)(=O)c2ccccc2)[C@@H]1C(=O)N[C@@H](Cc1ccc(CC(=O)CCCNC2=NCCN2)cc1)C(=O)O. The van der Waals surface area contributed by atoms with Crippen LogP contribution in [0.3, 0.4) is 0 Å². The van der Waals surface area contributed by atoms with E-state index in [0.717, 1.165) is 28.9 Å². The number of ketones is 1. The number of carbonyl (C=O) groups is 3. The van der Waals surface area contributed by atoms with Gasteiger partial charge in [-0.1, -0.05) is 42.5 Å². The number of ether oxygens (including phenoxy) is 1. The van der Waals surface area contributed by atoms with Crippen LogP contribution in [0.1, 0.15) is 37.8 Å². The normalized spacial score (nSPS) is 21.3. The molecule has 4 N–H and O–H groups in total. The van der Waals surface area contributed by atoms with E-state index in [1.54, 1.807) is 49.4 Å². The van der Waals surface area contributed by atoms with Crippen molar-refractivity contribution in [3.8, 4) is 0 Å². The molecule has 2 aliphatic rings. The summed E-state index contributed by atoms with van der Waals surface area (Å²) < 4.78 is 33.4. The van der Waals surface area contributed by atoms with Crippen molar-refractivity contribution in [1.29, 1.82) is 0 Å². The van der Waals surface area contributed by atoms with Crippen molar-refractivity contribution in [2.75, 3.05) is 19.6 Å². The Morgan fingerprint density at radius 1 is 1.10 bits per heavy atom. The lowest BCUT2D eigenvalue weighted by Gasteiger charge is -2.27. The van der Waals surface area contributed by atoms with Gasteiger partial charge >= 0.3 is 5.97 Å². The largest absolute Gasteiger partial charge is 0.480 e. The van der Waals surface area contributed by atoms with Crippen LogP contribution in [-0.4, -0.2) is 85.5 Å². The molecule has 2 aromatic carbocycles. The number of benzene rings is 2. The third kappa shape index (κ3) is 7.72. The molecule has 0 radical (unpaired) electrons. The highest BCUT2D eigenvalue weighted by molar-refractivity contribution is 7.89. The van der Waals surface area contributed by atoms with E-state index in [4.69, 9.17) is 4.74 Å². The molecule has 42 heavy (non-hydrogen) atoms. The average molecular weight is 600 g/mol. The van der Waals surface area contributed by atoms with E-state index in [-0.39, 0.29) is 23.5 Å². The predicted octanol–water partition coefficient (Wildman–Crippen LogP) is 1.06. The number of amides is 1. The van der Waals surface area contributed by atoms with Gasteiger partial charge in [-0.05, 0) is 43.5 Å². The minimum absolute atomic E-state index is 0.00806. The highest BCUT2D eigenvalue weighted by Crippen LogP contribution is 2.30. The van der Waals surface area contributed by atoms with Gasteiger partial charge in [-0.15, -0.1) is 0 Å². The third-order valence-corrected chi connectivity index (χ3v) is 9.10. The first-order chi connectivity index (χ1) is 20.1. The molecule has 1 saturated heterocycles. The van der Waals surface area contributed by atoms with Crippen LogP contribution in [0.4, 0.5) is 0 Å². The highest BCUT2D eigenvalue weighted by Gasteiger charge is 2.49. The molecule has 0 saturated carbocycles. The molecule has 0 aromatic heterocycles. The van der Waals surface area contributed by atoms with Crippen molar-refractivity contribution in [2.45, 2.75) is 68.8 Å². The van der Waals surface area contributed by atoms with Crippen molar-refractivity contribution in [3.63, 3.8) is 0 Å². The summed E-state index contributed by atoms with van der Waals surface area (Å²) in [6.07, 6.45) is -0.369. The second kappa shape index (κ2) is 13.9. The van der Waals surface area contributed by atoms with E-state index >= 15 is 0 Å². The third-order valence-electron chi connectivity index (χ3n) is 7.15. The summed E-state index contributed by atoms with van der Waals surface area (Å²) in [4.78, 5) is 42.1. The van der Waals surface area contributed by atoms with Crippen molar-refractivity contribution in [1.82, 2.24) is 20.3 Å². The van der Waals surface area contributed by atoms with Gasteiger partial charge in [0.05, 0.1) is 17.5 Å². The van der Waals surface area contributed by atoms with Crippen molar-refractivity contribution in [3.05, 3.63) is 65.7 Å². The maximum atomic E-state index is 13.4. The summed E-state index contributed by atoms with van der Waals surface area (Å²) in [7, 11) is -4.10.